The van der Waals surface area contributed by atoms with Gasteiger partial charge in [-0.25, -0.2) is 0 Å². The number of ether oxygens (including phenoxy) is 1. The average Bonchev–Trinajstić information content (AvgIpc) is 2.64. The molecule has 1 aromatic heterocycles. The molecule has 0 aromatic carbocycles. The smallest absolute Gasteiger partial charge is 0.169 e. The predicted octanol–water partition coefficient (Wildman–Crippen LogP) is 3.72. The summed E-state index contributed by atoms with van der Waals surface area (Å²) in [5.41, 5.74) is -0.661. The molecule has 0 amide bonds. The van der Waals surface area contributed by atoms with E-state index < -0.39 is 5.60 Å². The molecule has 0 aliphatic carbocycles. The third kappa shape index (κ3) is 3.30. The number of rotatable bonds is 6. The Morgan fingerprint density at radius 3 is 2.62 bits per heavy atom. The van der Waals surface area contributed by atoms with Crippen LogP contribution >= 0.6 is 22.9 Å². The van der Waals surface area contributed by atoms with Crippen LogP contribution in [0.3, 0.4) is 0 Å². The van der Waals surface area contributed by atoms with Crippen molar-refractivity contribution in [3.8, 4) is 0 Å². The van der Waals surface area contributed by atoms with E-state index in [0.29, 0.717) is 19.4 Å². The molecular weight excluding hydrogens is 244 g/mol. The second-order valence-corrected chi connectivity index (χ2v) is 5.62. The molecule has 0 N–H and O–H groups in total. The fourth-order valence-corrected chi connectivity index (χ4v) is 2.58. The van der Waals surface area contributed by atoms with Crippen molar-refractivity contribution in [2.24, 2.45) is 0 Å². The second kappa shape index (κ2) is 5.80. The maximum atomic E-state index is 12.1. The van der Waals surface area contributed by atoms with E-state index in [2.05, 4.69) is 0 Å². The molecular formula is C12H17ClO2S. The van der Waals surface area contributed by atoms with Crippen LogP contribution in [0, 0.1) is 0 Å². The molecule has 2 nitrogen and oxygen atoms in total. The maximum absolute atomic E-state index is 12.1. The van der Waals surface area contributed by atoms with Crippen LogP contribution < -0.4 is 0 Å². The average molecular weight is 261 g/mol. The lowest BCUT2D eigenvalue weighted by Gasteiger charge is -2.26. The summed E-state index contributed by atoms with van der Waals surface area (Å²) in [5, 5.41) is 0. The van der Waals surface area contributed by atoms with Gasteiger partial charge in [0.25, 0.3) is 0 Å². The zero-order valence-electron chi connectivity index (χ0n) is 9.88. The zero-order valence-corrected chi connectivity index (χ0v) is 11.5. The van der Waals surface area contributed by atoms with Gasteiger partial charge >= 0.3 is 0 Å². The van der Waals surface area contributed by atoms with Crippen LogP contribution in [0.5, 0.6) is 0 Å². The van der Waals surface area contributed by atoms with E-state index >= 15 is 0 Å². The molecule has 0 bridgehead atoms. The molecule has 0 radical (unpaired) electrons. The van der Waals surface area contributed by atoms with Gasteiger partial charge in [0.05, 0.1) is 4.34 Å². The van der Waals surface area contributed by atoms with Crippen molar-refractivity contribution in [2.75, 3.05) is 6.61 Å². The number of Topliss-reactive ketones (excluding diaryl/α,β-unsaturated/α-hetero) is 1. The summed E-state index contributed by atoms with van der Waals surface area (Å²) in [4.78, 5) is 13.1. The third-order valence-electron chi connectivity index (χ3n) is 2.69. The summed E-state index contributed by atoms with van der Waals surface area (Å²) in [7, 11) is 0. The minimum absolute atomic E-state index is 0.121. The molecule has 0 saturated heterocycles. The van der Waals surface area contributed by atoms with Crippen LogP contribution in [0.4, 0.5) is 0 Å². The molecule has 0 saturated carbocycles. The van der Waals surface area contributed by atoms with Crippen molar-refractivity contribution in [1.29, 1.82) is 0 Å². The van der Waals surface area contributed by atoms with Crippen molar-refractivity contribution < 1.29 is 9.53 Å². The minimum Gasteiger partial charge on any atom is -0.368 e. The van der Waals surface area contributed by atoms with E-state index in [1.807, 2.05) is 32.9 Å². The molecule has 1 aromatic rings. The molecule has 0 aliphatic rings. The largest absolute Gasteiger partial charge is 0.368 e. The summed E-state index contributed by atoms with van der Waals surface area (Å²) >= 11 is 7.28. The van der Waals surface area contributed by atoms with E-state index in [0.717, 1.165) is 9.21 Å². The predicted molar refractivity (Wildman–Crippen MR) is 68.4 cm³/mol. The van der Waals surface area contributed by atoms with Gasteiger partial charge in [-0.15, -0.1) is 11.3 Å². The number of ketones is 1. The standard InChI is InChI=1S/C12H17ClO2S/c1-4-12(3,15-5-2)10(14)8-9-6-7-11(13)16-9/h6-7H,4-5,8H2,1-3H3. The number of hydrogen-bond acceptors (Lipinski definition) is 3. The highest BCUT2D eigenvalue weighted by atomic mass is 35.5. The quantitative estimate of drug-likeness (QED) is 0.779. The summed E-state index contributed by atoms with van der Waals surface area (Å²) in [6.07, 6.45) is 1.10. The van der Waals surface area contributed by atoms with E-state index in [1.54, 1.807) is 0 Å². The third-order valence-corrected chi connectivity index (χ3v) is 3.92. The first-order valence-electron chi connectivity index (χ1n) is 5.43. The van der Waals surface area contributed by atoms with Gasteiger partial charge in [-0.3, -0.25) is 4.79 Å². The number of halogens is 1. The Kier molecular flexibility index (Phi) is 4.96. The molecule has 16 heavy (non-hydrogen) atoms. The highest BCUT2D eigenvalue weighted by Crippen LogP contribution is 2.25. The van der Waals surface area contributed by atoms with Gasteiger partial charge in [0.1, 0.15) is 5.60 Å². The van der Waals surface area contributed by atoms with Crippen LogP contribution in [0.2, 0.25) is 4.34 Å². The fourth-order valence-electron chi connectivity index (χ4n) is 1.49. The first-order valence-corrected chi connectivity index (χ1v) is 6.62. The molecule has 1 atom stereocenters. The Balaban J connectivity index is 2.69. The minimum atomic E-state index is -0.661. The number of thiophene rings is 1. The van der Waals surface area contributed by atoms with Crippen LogP contribution in [0.25, 0.3) is 0 Å². The maximum Gasteiger partial charge on any atom is 0.169 e. The Hall–Kier alpha value is -0.380. The zero-order chi connectivity index (χ0) is 12.2. The van der Waals surface area contributed by atoms with Gasteiger partial charge in [0, 0.05) is 17.9 Å². The molecule has 1 rings (SSSR count). The lowest BCUT2D eigenvalue weighted by atomic mass is 9.94. The van der Waals surface area contributed by atoms with Crippen molar-refractivity contribution in [1.82, 2.24) is 0 Å². The van der Waals surface area contributed by atoms with Crippen molar-refractivity contribution in [3.63, 3.8) is 0 Å². The number of carbonyl (C=O) groups is 1. The lowest BCUT2D eigenvalue weighted by molar-refractivity contribution is -0.141. The van der Waals surface area contributed by atoms with Crippen LogP contribution in [0.15, 0.2) is 12.1 Å². The Bertz CT molecular complexity index is 362. The Morgan fingerprint density at radius 1 is 1.50 bits per heavy atom. The lowest BCUT2D eigenvalue weighted by Crippen LogP contribution is -2.38. The molecule has 0 fully saturated rings. The van der Waals surface area contributed by atoms with Gasteiger partial charge in [-0.05, 0) is 32.4 Å². The SMILES string of the molecule is CCOC(C)(CC)C(=O)Cc1ccc(Cl)s1. The summed E-state index contributed by atoms with van der Waals surface area (Å²) in [5.74, 6) is 0.121. The van der Waals surface area contributed by atoms with Crippen molar-refractivity contribution in [2.45, 2.75) is 39.2 Å². The molecule has 0 spiro atoms. The van der Waals surface area contributed by atoms with E-state index in [-0.39, 0.29) is 5.78 Å². The summed E-state index contributed by atoms with van der Waals surface area (Å²) in [6, 6.07) is 3.71. The fraction of sp³-hybridized carbons (Fsp3) is 0.583. The van der Waals surface area contributed by atoms with Gasteiger partial charge in [-0.2, -0.15) is 0 Å². The Morgan fingerprint density at radius 2 is 2.19 bits per heavy atom. The van der Waals surface area contributed by atoms with Gasteiger partial charge in [-0.1, -0.05) is 18.5 Å². The van der Waals surface area contributed by atoms with E-state index in [4.69, 9.17) is 16.3 Å². The molecule has 1 heterocycles. The van der Waals surface area contributed by atoms with Crippen LogP contribution in [0.1, 0.15) is 32.1 Å². The molecule has 0 aliphatic heterocycles. The Labute approximate surface area is 106 Å². The van der Waals surface area contributed by atoms with Crippen LogP contribution in [-0.2, 0) is 16.0 Å². The molecule has 90 valence electrons. The topological polar surface area (TPSA) is 26.3 Å². The molecule has 1 unspecified atom stereocenters. The van der Waals surface area contributed by atoms with E-state index in [9.17, 15) is 4.79 Å². The molecule has 4 heteroatoms. The number of hydrogen-bond donors (Lipinski definition) is 0. The first kappa shape index (κ1) is 13.7. The van der Waals surface area contributed by atoms with Gasteiger partial charge < -0.3 is 4.74 Å². The highest BCUT2D eigenvalue weighted by molar-refractivity contribution is 7.16. The first-order chi connectivity index (χ1) is 7.51. The highest BCUT2D eigenvalue weighted by Gasteiger charge is 2.31. The summed E-state index contributed by atoms with van der Waals surface area (Å²) in [6.45, 7) is 6.29. The monoisotopic (exact) mass is 260 g/mol. The van der Waals surface area contributed by atoms with Crippen LogP contribution in [-0.4, -0.2) is 18.0 Å². The summed E-state index contributed by atoms with van der Waals surface area (Å²) < 4.78 is 6.26. The van der Waals surface area contributed by atoms with E-state index in [1.165, 1.54) is 11.3 Å². The van der Waals surface area contributed by atoms with Gasteiger partial charge in [0.2, 0.25) is 0 Å². The van der Waals surface area contributed by atoms with Gasteiger partial charge in [0.15, 0.2) is 5.78 Å². The normalized spacial score (nSPS) is 14.8. The van der Waals surface area contributed by atoms with Crippen molar-refractivity contribution in [3.05, 3.63) is 21.3 Å². The van der Waals surface area contributed by atoms with Crippen molar-refractivity contribution >= 4 is 28.7 Å². The second-order valence-electron chi connectivity index (χ2n) is 3.82. The number of carbonyl (C=O) groups excluding carboxylic acids is 1.